The minimum absolute atomic E-state index is 0.802. The van der Waals surface area contributed by atoms with Crippen molar-refractivity contribution in [2.24, 2.45) is 0 Å². The van der Waals surface area contributed by atoms with Gasteiger partial charge in [-0.25, -0.2) is 0 Å². The number of hydrogen-bond donors (Lipinski definition) is 1. The second-order valence-electron chi connectivity index (χ2n) is 4.63. The molecule has 2 aliphatic rings. The fourth-order valence-corrected chi connectivity index (χ4v) is 2.34. The first-order valence-electron chi connectivity index (χ1n) is 6.35. The zero-order valence-corrected chi connectivity index (χ0v) is 10.4. The molecule has 2 aromatic rings. The first-order valence-corrected chi connectivity index (χ1v) is 6.35. The molecule has 0 saturated heterocycles. The zero-order valence-electron chi connectivity index (χ0n) is 10.4. The maximum Gasteiger partial charge on any atom is 0.0724 e. The Balaban J connectivity index is 0.000000111. The molecule has 2 heteroatoms. The largest absolute Gasteiger partial charge is 0.372 e. The van der Waals surface area contributed by atoms with Gasteiger partial charge in [-0.05, 0) is 22.3 Å². The summed E-state index contributed by atoms with van der Waals surface area (Å²) >= 11 is 0. The summed E-state index contributed by atoms with van der Waals surface area (Å²) in [5.74, 6) is 0. The molecule has 0 atom stereocenters. The van der Waals surface area contributed by atoms with Crippen LogP contribution in [0.2, 0.25) is 0 Å². The first kappa shape index (κ1) is 11.5. The van der Waals surface area contributed by atoms with Gasteiger partial charge in [0.25, 0.3) is 0 Å². The summed E-state index contributed by atoms with van der Waals surface area (Å²) in [4.78, 5) is 0. The Kier molecular flexibility index (Phi) is 3.40. The number of rotatable bonds is 0. The summed E-state index contributed by atoms with van der Waals surface area (Å²) in [7, 11) is 0. The van der Waals surface area contributed by atoms with E-state index < -0.39 is 0 Å². The molecule has 2 nitrogen and oxygen atoms in total. The molecule has 0 spiro atoms. The van der Waals surface area contributed by atoms with Crippen molar-refractivity contribution in [2.45, 2.75) is 26.3 Å². The number of hydrogen-bond acceptors (Lipinski definition) is 2. The lowest BCUT2D eigenvalue weighted by Gasteiger charge is -1.91. The smallest absolute Gasteiger partial charge is 0.0724 e. The van der Waals surface area contributed by atoms with Gasteiger partial charge in [0.2, 0.25) is 0 Å². The van der Waals surface area contributed by atoms with E-state index in [0.29, 0.717) is 0 Å². The highest BCUT2D eigenvalue weighted by atomic mass is 16.5. The molecule has 2 aliphatic heterocycles. The Labute approximate surface area is 108 Å². The Bertz CT molecular complexity index is 441. The third-order valence-electron chi connectivity index (χ3n) is 3.38. The van der Waals surface area contributed by atoms with Gasteiger partial charge in [0.15, 0.2) is 0 Å². The zero-order chi connectivity index (χ0) is 12.2. The molecule has 2 aromatic carbocycles. The van der Waals surface area contributed by atoms with Gasteiger partial charge in [-0.3, -0.25) is 0 Å². The van der Waals surface area contributed by atoms with E-state index in [4.69, 9.17) is 4.74 Å². The highest BCUT2D eigenvalue weighted by Gasteiger charge is 2.07. The number of benzene rings is 2. The lowest BCUT2D eigenvalue weighted by Crippen LogP contribution is -1.99. The van der Waals surface area contributed by atoms with Crippen molar-refractivity contribution in [3.05, 3.63) is 70.8 Å². The SMILES string of the molecule is c1ccc2c(c1)CNC2.c1ccc2c(c1)COC2. The summed E-state index contributed by atoms with van der Waals surface area (Å²) in [5, 5.41) is 3.29. The molecular formula is C16H17NO. The van der Waals surface area contributed by atoms with E-state index in [1.807, 2.05) is 12.1 Å². The van der Waals surface area contributed by atoms with Gasteiger partial charge in [-0.2, -0.15) is 0 Å². The summed E-state index contributed by atoms with van der Waals surface area (Å²) < 4.78 is 5.21. The minimum atomic E-state index is 0.802. The molecule has 0 bridgehead atoms. The Morgan fingerprint density at radius 1 is 0.667 bits per heavy atom. The lowest BCUT2D eigenvalue weighted by molar-refractivity contribution is 0.134. The van der Waals surface area contributed by atoms with E-state index in [1.165, 1.54) is 22.3 Å². The second kappa shape index (κ2) is 5.34. The molecule has 0 aromatic heterocycles. The highest BCUT2D eigenvalue weighted by Crippen LogP contribution is 2.17. The Morgan fingerprint density at radius 3 is 1.61 bits per heavy atom. The van der Waals surface area contributed by atoms with E-state index in [-0.39, 0.29) is 0 Å². The van der Waals surface area contributed by atoms with Gasteiger partial charge in [0.1, 0.15) is 0 Å². The fourth-order valence-electron chi connectivity index (χ4n) is 2.34. The van der Waals surface area contributed by atoms with Gasteiger partial charge < -0.3 is 10.1 Å². The van der Waals surface area contributed by atoms with Crippen LogP contribution < -0.4 is 5.32 Å². The number of fused-ring (bicyclic) bond motifs is 2. The number of nitrogens with one attached hydrogen (secondary N) is 1. The van der Waals surface area contributed by atoms with Crippen LogP contribution in [0.5, 0.6) is 0 Å². The Morgan fingerprint density at radius 2 is 1.11 bits per heavy atom. The molecule has 0 fully saturated rings. The van der Waals surface area contributed by atoms with Gasteiger partial charge in [0, 0.05) is 13.1 Å². The van der Waals surface area contributed by atoms with Crippen LogP contribution in [0.4, 0.5) is 0 Å². The summed E-state index contributed by atoms with van der Waals surface area (Å²) in [6.07, 6.45) is 0. The molecular weight excluding hydrogens is 222 g/mol. The van der Waals surface area contributed by atoms with Crippen molar-refractivity contribution in [3.63, 3.8) is 0 Å². The standard InChI is InChI=1S/C8H9N.C8H8O/c2*1-2-4-8-6-9-5-7(8)3-1/h1-4,9H,5-6H2;1-4H,5-6H2. The minimum Gasteiger partial charge on any atom is -0.372 e. The van der Waals surface area contributed by atoms with Crippen molar-refractivity contribution in [1.82, 2.24) is 5.32 Å². The van der Waals surface area contributed by atoms with Crippen molar-refractivity contribution in [1.29, 1.82) is 0 Å². The van der Waals surface area contributed by atoms with E-state index >= 15 is 0 Å². The van der Waals surface area contributed by atoms with Crippen molar-refractivity contribution < 1.29 is 4.74 Å². The monoisotopic (exact) mass is 239 g/mol. The van der Waals surface area contributed by atoms with Crippen LogP contribution >= 0.6 is 0 Å². The molecule has 0 amide bonds. The quantitative estimate of drug-likeness (QED) is 0.763. The van der Waals surface area contributed by atoms with Crippen LogP contribution in [0.25, 0.3) is 0 Å². The van der Waals surface area contributed by atoms with Crippen LogP contribution in [-0.4, -0.2) is 0 Å². The molecule has 1 N–H and O–H groups in total. The van der Waals surface area contributed by atoms with Crippen LogP contribution in [0.1, 0.15) is 22.3 Å². The molecule has 2 heterocycles. The van der Waals surface area contributed by atoms with Crippen LogP contribution in [0.15, 0.2) is 48.5 Å². The third-order valence-corrected chi connectivity index (χ3v) is 3.38. The fraction of sp³-hybridized carbons (Fsp3) is 0.250. The van der Waals surface area contributed by atoms with Gasteiger partial charge in [-0.15, -0.1) is 0 Å². The maximum atomic E-state index is 5.21. The third kappa shape index (κ3) is 2.45. The summed E-state index contributed by atoms with van der Waals surface area (Å²) in [5.41, 5.74) is 5.60. The average molecular weight is 239 g/mol. The predicted molar refractivity (Wildman–Crippen MR) is 71.9 cm³/mol. The molecule has 0 aliphatic carbocycles. The van der Waals surface area contributed by atoms with Crippen molar-refractivity contribution >= 4 is 0 Å². The molecule has 18 heavy (non-hydrogen) atoms. The molecule has 0 saturated carbocycles. The molecule has 92 valence electrons. The number of ether oxygens (including phenoxy) is 1. The van der Waals surface area contributed by atoms with Gasteiger partial charge >= 0.3 is 0 Å². The maximum absolute atomic E-state index is 5.21. The molecule has 4 rings (SSSR count). The molecule has 0 unspecified atom stereocenters. The van der Waals surface area contributed by atoms with E-state index in [1.54, 1.807) is 0 Å². The second-order valence-corrected chi connectivity index (χ2v) is 4.63. The van der Waals surface area contributed by atoms with E-state index in [0.717, 1.165) is 26.3 Å². The lowest BCUT2D eigenvalue weighted by atomic mass is 10.1. The van der Waals surface area contributed by atoms with E-state index in [9.17, 15) is 0 Å². The van der Waals surface area contributed by atoms with Gasteiger partial charge in [-0.1, -0.05) is 48.5 Å². The van der Waals surface area contributed by atoms with Crippen LogP contribution in [-0.2, 0) is 31.0 Å². The van der Waals surface area contributed by atoms with Crippen molar-refractivity contribution in [2.75, 3.05) is 0 Å². The predicted octanol–water partition coefficient (Wildman–Crippen LogP) is 3.01. The van der Waals surface area contributed by atoms with E-state index in [2.05, 4.69) is 41.7 Å². The highest BCUT2D eigenvalue weighted by molar-refractivity contribution is 5.29. The van der Waals surface area contributed by atoms with Gasteiger partial charge in [0.05, 0.1) is 13.2 Å². The van der Waals surface area contributed by atoms with Crippen molar-refractivity contribution in [3.8, 4) is 0 Å². The average Bonchev–Trinajstić information content (AvgIpc) is 3.08. The Hall–Kier alpha value is -1.64. The topological polar surface area (TPSA) is 21.3 Å². The molecule has 0 radical (unpaired) electrons. The first-order chi connectivity index (χ1) is 8.93. The summed E-state index contributed by atoms with van der Waals surface area (Å²) in [6, 6.07) is 16.9. The van der Waals surface area contributed by atoms with Crippen LogP contribution in [0, 0.1) is 0 Å². The normalized spacial score (nSPS) is 15.6. The van der Waals surface area contributed by atoms with Crippen LogP contribution in [0.3, 0.4) is 0 Å². The summed E-state index contributed by atoms with van der Waals surface area (Å²) in [6.45, 7) is 3.71.